The summed E-state index contributed by atoms with van der Waals surface area (Å²) in [5.41, 5.74) is 0.283. The van der Waals surface area contributed by atoms with Crippen LogP contribution in [-0.4, -0.2) is 37.5 Å². The van der Waals surface area contributed by atoms with Crippen LogP contribution in [0.25, 0.3) is 11.0 Å². The third-order valence-corrected chi connectivity index (χ3v) is 3.91. The third kappa shape index (κ3) is 2.69. The molecule has 1 aromatic heterocycles. The Morgan fingerprint density at radius 1 is 1.43 bits per heavy atom. The predicted molar refractivity (Wildman–Crippen MR) is 80.4 cm³/mol. The first kappa shape index (κ1) is 13.8. The number of hydrogen-bond acceptors (Lipinski definition) is 4. The van der Waals surface area contributed by atoms with Gasteiger partial charge in [-0.1, -0.05) is 12.1 Å². The Balaban J connectivity index is 1.87. The summed E-state index contributed by atoms with van der Waals surface area (Å²) in [5, 5.41) is 3.63. The first-order valence-corrected chi connectivity index (χ1v) is 7.16. The summed E-state index contributed by atoms with van der Waals surface area (Å²) in [5.74, 6) is 0.395. The Labute approximate surface area is 122 Å². The molecule has 0 saturated carbocycles. The molecule has 1 fully saturated rings. The minimum atomic E-state index is -0.198. The summed E-state index contributed by atoms with van der Waals surface area (Å²) in [4.78, 5) is 26.3. The van der Waals surface area contributed by atoms with E-state index in [2.05, 4.69) is 5.32 Å². The van der Waals surface area contributed by atoms with E-state index in [0.717, 1.165) is 13.0 Å². The SMILES string of the molecule is CNCC1CCN(C(=O)c2cc(=O)c3ccccc3o2)C1. The number of carbonyl (C=O) groups is 1. The lowest BCUT2D eigenvalue weighted by molar-refractivity contribution is 0.0756. The van der Waals surface area contributed by atoms with E-state index in [9.17, 15) is 9.59 Å². The summed E-state index contributed by atoms with van der Waals surface area (Å²) in [6, 6.07) is 8.29. The molecule has 1 atom stereocenters. The largest absolute Gasteiger partial charge is 0.451 e. The van der Waals surface area contributed by atoms with Gasteiger partial charge in [-0.05, 0) is 38.1 Å². The standard InChI is InChI=1S/C16H18N2O3/c1-17-9-11-6-7-18(10-11)16(20)15-8-13(19)12-4-2-3-5-14(12)21-15/h2-5,8,11,17H,6-7,9-10H2,1H3. The van der Waals surface area contributed by atoms with Crippen molar-refractivity contribution in [3.63, 3.8) is 0 Å². The first-order valence-electron chi connectivity index (χ1n) is 7.16. The Bertz CT molecular complexity index is 723. The van der Waals surface area contributed by atoms with Crippen LogP contribution in [0.5, 0.6) is 0 Å². The van der Waals surface area contributed by atoms with E-state index in [-0.39, 0.29) is 17.1 Å². The van der Waals surface area contributed by atoms with Gasteiger partial charge in [-0.2, -0.15) is 0 Å². The van der Waals surface area contributed by atoms with Crippen molar-refractivity contribution in [3.8, 4) is 0 Å². The number of nitrogens with zero attached hydrogens (tertiary/aromatic N) is 1. The quantitative estimate of drug-likeness (QED) is 0.928. The molecule has 1 aliphatic rings. The highest BCUT2D eigenvalue weighted by Gasteiger charge is 2.28. The molecule has 1 amide bonds. The van der Waals surface area contributed by atoms with Crippen LogP contribution >= 0.6 is 0 Å². The molecule has 2 heterocycles. The summed E-state index contributed by atoms with van der Waals surface area (Å²) in [7, 11) is 1.91. The molecule has 21 heavy (non-hydrogen) atoms. The Morgan fingerprint density at radius 3 is 3.05 bits per heavy atom. The van der Waals surface area contributed by atoms with E-state index in [1.54, 1.807) is 29.2 Å². The molecule has 110 valence electrons. The Morgan fingerprint density at radius 2 is 2.24 bits per heavy atom. The molecule has 0 spiro atoms. The highest BCUT2D eigenvalue weighted by Crippen LogP contribution is 2.19. The molecule has 5 heteroatoms. The van der Waals surface area contributed by atoms with Crippen molar-refractivity contribution in [3.05, 3.63) is 46.3 Å². The molecular formula is C16H18N2O3. The second kappa shape index (κ2) is 5.69. The van der Waals surface area contributed by atoms with Gasteiger partial charge in [0, 0.05) is 19.2 Å². The minimum absolute atomic E-state index is 0.129. The molecule has 1 N–H and O–H groups in total. The molecular weight excluding hydrogens is 268 g/mol. The number of rotatable bonds is 3. The van der Waals surface area contributed by atoms with E-state index in [1.165, 1.54) is 6.07 Å². The molecule has 0 bridgehead atoms. The highest BCUT2D eigenvalue weighted by atomic mass is 16.3. The van der Waals surface area contributed by atoms with Crippen LogP contribution in [0.3, 0.4) is 0 Å². The van der Waals surface area contributed by atoms with Crippen molar-refractivity contribution in [2.24, 2.45) is 5.92 Å². The van der Waals surface area contributed by atoms with E-state index in [4.69, 9.17) is 4.42 Å². The second-order valence-electron chi connectivity index (χ2n) is 5.43. The number of fused-ring (bicyclic) bond motifs is 1. The van der Waals surface area contributed by atoms with Crippen LogP contribution in [-0.2, 0) is 0 Å². The van der Waals surface area contributed by atoms with Crippen molar-refractivity contribution in [2.75, 3.05) is 26.7 Å². The van der Waals surface area contributed by atoms with Crippen LogP contribution in [0.1, 0.15) is 17.0 Å². The fourth-order valence-electron chi connectivity index (χ4n) is 2.84. The highest BCUT2D eigenvalue weighted by molar-refractivity contribution is 5.93. The molecule has 5 nitrogen and oxygen atoms in total. The van der Waals surface area contributed by atoms with Gasteiger partial charge in [-0.25, -0.2) is 0 Å². The number of benzene rings is 1. The lowest BCUT2D eigenvalue weighted by Gasteiger charge is -2.15. The smallest absolute Gasteiger partial charge is 0.289 e. The van der Waals surface area contributed by atoms with Gasteiger partial charge in [0.2, 0.25) is 0 Å². The van der Waals surface area contributed by atoms with Gasteiger partial charge in [0.15, 0.2) is 11.2 Å². The van der Waals surface area contributed by atoms with Crippen molar-refractivity contribution in [1.29, 1.82) is 0 Å². The maximum absolute atomic E-state index is 12.5. The zero-order valence-corrected chi connectivity index (χ0v) is 12.0. The first-order chi connectivity index (χ1) is 10.2. The molecule has 0 aliphatic carbocycles. The number of likely N-dealkylation sites (tertiary alicyclic amines) is 1. The van der Waals surface area contributed by atoms with Gasteiger partial charge < -0.3 is 14.6 Å². The van der Waals surface area contributed by atoms with Gasteiger partial charge in [-0.3, -0.25) is 9.59 Å². The fourth-order valence-corrected chi connectivity index (χ4v) is 2.84. The van der Waals surface area contributed by atoms with E-state index in [1.807, 2.05) is 7.05 Å². The summed E-state index contributed by atoms with van der Waals surface area (Å²) in [6.45, 7) is 2.31. The summed E-state index contributed by atoms with van der Waals surface area (Å²) in [6.07, 6.45) is 0.977. The van der Waals surface area contributed by atoms with Gasteiger partial charge in [0.25, 0.3) is 5.91 Å². The zero-order valence-electron chi connectivity index (χ0n) is 12.0. The van der Waals surface area contributed by atoms with Crippen LogP contribution < -0.4 is 10.7 Å². The molecule has 0 radical (unpaired) electrons. The van der Waals surface area contributed by atoms with Crippen molar-refractivity contribution >= 4 is 16.9 Å². The van der Waals surface area contributed by atoms with E-state index < -0.39 is 0 Å². The van der Waals surface area contributed by atoms with Crippen molar-refractivity contribution < 1.29 is 9.21 Å². The maximum atomic E-state index is 12.5. The zero-order chi connectivity index (χ0) is 14.8. The number of hydrogen-bond donors (Lipinski definition) is 1. The second-order valence-corrected chi connectivity index (χ2v) is 5.43. The predicted octanol–water partition coefficient (Wildman–Crippen LogP) is 1.47. The Kier molecular flexibility index (Phi) is 3.75. The number of carbonyl (C=O) groups excluding carboxylic acids is 1. The monoisotopic (exact) mass is 286 g/mol. The van der Waals surface area contributed by atoms with Crippen LogP contribution in [0.15, 0.2) is 39.5 Å². The normalized spacial score (nSPS) is 18.3. The number of para-hydroxylation sites is 1. The average molecular weight is 286 g/mol. The topological polar surface area (TPSA) is 62.6 Å². The van der Waals surface area contributed by atoms with Crippen molar-refractivity contribution in [1.82, 2.24) is 10.2 Å². The molecule has 1 saturated heterocycles. The number of amides is 1. The van der Waals surface area contributed by atoms with E-state index >= 15 is 0 Å². The lowest BCUT2D eigenvalue weighted by atomic mass is 10.1. The average Bonchev–Trinajstić information content (AvgIpc) is 2.95. The van der Waals surface area contributed by atoms with Gasteiger partial charge in [0.1, 0.15) is 5.58 Å². The molecule has 1 aliphatic heterocycles. The lowest BCUT2D eigenvalue weighted by Crippen LogP contribution is -2.30. The van der Waals surface area contributed by atoms with Gasteiger partial charge >= 0.3 is 0 Å². The molecule has 1 aromatic carbocycles. The summed E-state index contributed by atoms with van der Waals surface area (Å²) < 4.78 is 5.61. The van der Waals surface area contributed by atoms with Gasteiger partial charge in [-0.15, -0.1) is 0 Å². The third-order valence-electron chi connectivity index (χ3n) is 3.91. The van der Waals surface area contributed by atoms with Crippen LogP contribution in [0, 0.1) is 5.92 Å². The van der Waals surface area contributed by atoms with Crippen LogP contribution in [0.2, 0.25) is 0 Å². The maximum Gasteiger partial charge on any atom is 0.289 e. The molecule has 3 rings (SSSR count). The van der Waals surface area contributed by atoms with Gasteiger partial charge in [0.05, 0.1) is 5.39 Å². The number of nitrogens with one attached hydrogen (secondary N) is 1. The fraction of sp³-hybridized carbons (Fsp3) is 0.375. The van der Waals surface area contributed by atoms with Crippen molar-refractivity contribution in [2.45, 2.75) is 6.42 Å². The summed E-state index contributed by atoms with van der Waals surface area (Å²) >= 11 is 0. The molecule has 1 unspecified atom stereocenters. The van der Waals surface area contributed by atoms with E-state index in [0.29, 0.717) is 30.0 Å². The molecule has 2 aromatic rings. The van der Waals surface area contributed by atoms with Crippen LogP contribution in [0.4, 0.5) is 0 Å². The Hall–Kier alpha value is -2.14. The minimum Gasteiger partial charge on any atom is -0.451 e.